The molecular weight excluding hydrogens is 518 g/mol. The van der Waals surface area contributed by atoms with E-state index in [9.17, 15) is 4.79 Å². The molecule has 1 atom stereocenters. The number of halogens is 1. The number of carbonyl (C=O) groups excluding carboxylic acids is 1. The quantitative estimate of drug-likeness (QED) is 0.234. The lowest BCUT2D eigenvalue weighted by atomic mass is 9.70. The summed E-state index contributed by atoms with van der Waals surface area (Å²) in [6.07, 6.45) is 4.18. The number of hydrogen-bond acceptors (Lipinski definition) is 8. The molecule has 3 heterocycles. The second-order valence-electron chi connectivity index (χ2n) is 10.4. The number of allylic oxidation sites excluding steroid dienone is 2. The molecule has 0 fully saturated rings. The highest BCUT2D eigenvalue weighted by molar-refractivity contribution is 6.33. The Morgan fingerprint density at radius 1 is 1.18 bits per heavy atom. The Balaban J connectivity index is 1.38. The number of methoxy groups -OCH3 is 1. The molecule has 0 bridgehead atoms. The average molecular weight is 544 g/mol. The zero-order valence-corrected chi connectivity index (χ0v) is 22.5. The van der Waals surface area contributed by atoms with Gasteiger partial charge in [0, 0.05) is 34.9 Å². The summed E-state index contributed by atoms with van der Waals surface area (Å²) in [6.45, 7) is 4.18. The van der Waals surface area contributed by atoms with E-state index in [1.165, 1.54) is 0 Å². The summed E-state index contributed by atoms with van der Waals surface area (Å²) in [6, 6.07) is 15.0. The Morgan fingerprint density at radius 3 is 2.74 bits per heavy atom. The van der Waals surface area contributed by atoms with Crippen LogP contribution in [0.2, 0.25) is 5.02 Å². The van der Waals surface area contributed by atoms with Crippen LogP contribution in [0.3, 0.4) is 0 Å². The molecular formula is C29H26ClN5O4. The number of benzene rings is 2. The molecule has 1 aliphatic carbocycles. The highest BCUT2D eigenvalue weighted by Gasteiger charge is 2.44. The number of ketones is 1. The normalized spacial score (nSPS) is 18.2. The van der Waals surface area contributed by atoms with E-state index >= 15 is 0 Å². The number of aromatic nitrogens is 4. The molecule has 6 rings (SSSR count). The third-order valence-corrected chi connectivity index (χ3v) is 7.27. The fourth-order valence-corrected chi connectivity index (χ4v) is 5.33. The minimum atomic E-state index is -0.411. The van der Waals surface area contributed by atoms with Crippen molar-refractivity contribution >= 4 is 29.2 Å². The van der Waals surface area contributed by atoms with Crippen LogP contribution in [0.15, 0.2) is 71.3 Å². The smallest absolute Gasteiger partial charge is 0.228 e. The first kappa shape index (κ1) is 25.1. The van der Waals surface area contributed by atoms with Gasteiger partial charge in [0.15, 0.2) is 23.9 Å². The van der Waals surface area contributed by atoms with Gasteiger partial charge in [-0.2, -0.15) is 0 Å². The van der Waals surface area contributed by atoms with Gasteiger partial charge in [0.05, 0.1) is 18.9 Å². The van der Waals surface area contributed by atoms with E-state index in [0.29, 0.717) is 52.1 Å². The molecule has 0 radical (unpaired) electrons. The molecule has 2 aromatic carbocycles. The van der Waals surface area contributed by atoms with Gasteiger partial charge in [-0.15, -0.1) is 5.10 Å². The van der Waals surface area contributed by atoms with E-state index < -0.39 is 5.92 Å². The van der Waals surface area contributed by atoms with Gasteiger partial charge < -0.3 is 14.3 Å². The number of hydrogen-bond donors (Lipinski definition) is 0. The number of carbonyl (C=O) groups is 1. The van der Waals surface area contributed by atoms with Crippen LogP contribution in [-0.2, 0) is 16.2 Å². The van der Waals surface area contributed by atoms with Crippen LogP contribution in [0.4, 0.5) is 0 Å². The molecule has 0 N–H and O–H groups in total. The number of Topliss-reactive ketones (excluding diaryl/α,β-unsaturated/α-hetero) is 1. The number of oxime groups is 1. The molecule has 10 heteroatoms. The van der Waals surface area contributed by atoms with E-state index in [0.717, 1.165) is 16.9 Å². The number of rotatable bonds is 6. The van der Waals surface area contributed by atoms with E-state index in [-0.39, 0.29) is 17.8 Å². The molecule has 0 saturated carbocycles. The van der Waals surface area contributed by atoms with Crippen molar-refractivity contribution in [3.63, 3.8) is 0 Å². The number of ether oxygens (including phenoxy) is 2. The predicted molar refractivity (Wildman–Crippen MR) is 145 cm³/mol. The van der Waals surface area contributed by atoms with Crippen molar-refractivity contribution in [1.82, 2.24) is 19.6 Å². The summed E-state index contributed by atoms with van der Waals surface area (Å²) in [7, 11) is 1.62. The van der Waals surface area contributed by atoms with Crippen LogP contribution < -0.4 is 9.47 Å². The maximum atomic E-state index is 13.5. The first-order valence-corrected chi connectivity index (χ1v) is 12.9. The molecule has 39 heavy (non-hydrogen) atoms. The number of nitrogens with zero attached hydrogens (tertiary/aromatic N) is 5. The van der Waals surface area contributed by atoms with Gasteiger partial charge in [0.2, 0.25) is 5.88 Å². The molecule has 9 nitrogen and oxygen atoms in total. The van der Waals surface area contributed by atoms with Gasteiger partial charge in [-0.05, 0) is 29.2 Å². The first-order chi connectivity index (χ1) is 18.8. The van der Waals surface area contributed by atoms with Crippen LogP contribution in [-0.4, -0.2) is 38.7 Å². The lowest BCUT2D eigenvalue weighted by Crippen LogP contribution is -2.33. The Hall–Kier alpha value is -4.24. The fraction of sp³-hybridized carbons (Fsp3) is 0.276. The van der Waals surface area contributed by atoms with Crippen LogP contribution in [0.25, 0.3) is 5.65 Å². The highest BCUT2D eigenvalue weighted by Crippen LogP contribution is 2.50. The standard InChI is InChI=1S/C29H26ClN5O4/c1-29(2)12-21(36)25-22(13-29)39-28-26(24(25)17-8-10-19(37-3)11-9-17)27-33-23(34-35(27)16-31-28)15-38-32-14-18-6-4-5-7-20(18)30/h4-11,14,16,24H,12-13,15H2,1-3H3/b32-14-/t24-/m0/s1. The topological polar surface area (TPSA) is 100 Å². The Bertz CT molecular complexity index is 1640. The van der Waals surface area contributed by atoms with Gasteiger partial charge in [0.25, 0.3) is 0 Å². The third kappa shape index (κ3) is 4.74. The first-order valence-electron chi connectivity index (χ1n) is 12.5. The summed E-state index contributed by atoms with van der Waals surface area (Å²) >= 11 is 6.17. The highest BCUT2D eigenvalue weighted by atomic mass is 35.5. The van der Waals surface area contributed by atoms with Gasteiger partial charge in [-0.3, -0.25) is 4.79 Å². The molecule has 4 aromatic rings. The molecule has 1 aliphatic heterocycles. The van der Waals surface area contributed by atoms with Crippen molar-refractivity contribution in [2.45, 2.75) is 39.2 Å². The molecule has 0 unspecified atom stereocenters. The van der Waals surface area contributed by atoms with Crippen LogP contribution in [0.1, 0.15) is 55.1 Å². The van der Waals surface area contributed by atoms with Crippen molar-refractivity contribution in [3.05, 3.63) is 93.7 Å². The van der Waals surface area contributed by atoms with Gasteiger partial charge >= 0.3 is 0 Å². The molecule has 0 spiro atoms. The van der Waals surface area contributed by atoms with E-state index in [1.54, 1.807) is 30.2 Å². The summed E-state index contributed by atoms with van der Waals surface area (Å²) in [4.78, 5) is 28.3. The van der Waals surface area contributed by atoms with Crippen molar-refractivity contribution in [2.75, 3.05) is 7.11 Å². The lowest BCUT2D eigenvalue weighted by Gasteiger charge is -2.37. The SMILES string of the molecule is COc1ccc([C@H]2C3=C(CC(C)(C)CC3=O)Oc3ncn4nc(CO/N=C\c5ccccc5Cl)nc4c32)cc1. The molecule has 198 valence electrons. The molecule has 0 saturated heterocycles. The lowest BCUT2D eigenvalue weighted by molar-refractivity contribution is -0.118. The van der Waals surface area contributed by atoms with Crippen molar-refractivity contribution < 1.29 is 19.1 Å². The van der Waals surface area contributed by atoms with Gasteiger partial charge in [-0.25, -0.2) is 14.5 Å². The third-order valence-electron chi connectivity index (χ3n) is 6.92. The fourth-order valence-electron chi connectivity index (χ4n) is 5.15. The van der Waals surface area contributed by atoms with Crippen LogP contribution in [0.5, 0.6) is 11.6 Å². The summed E-state index contributed by atoms with van der Waals surface area (Å²) in [5.74, 6) is 1.87. The van der Waals surface area contributed by atoms with Crippen molar-refractivity contribution in [2.24, 2.45) is 10.6 Å². The Morgan fingerprint density at radius 2 is 1.97 bits per heavy atom. The predicted octanol–water partition coefficient (Wildman–Crippen LogP) is 5.50. The summed E-state index contributed by atoms with van der Waals surface area (Å²) in [5, 5.41) is 9.11. The van der Waals surface area contributed by atoms with Gasteiger partial charge in [0.1, 0.15) is 17.8 Å². The zero-order valence-electron chi connectivity index (χ0n) is 21.7. The minimum Gasteiger partial charge on any atom is -0.497 e. The maximum Gasteiger partial charge on any atom is 0.228 e. The zero-order chi connectivity index (χ0) is 27.1. The molecule has 0 amide bonds. The van der Waals surface area contributed by atoms with Gasteiger partial charge in [-0.1, -0.05) is 60.9 Å². The second kappa shape index (κ2) is 9.81. The summed E-state index contributed by atoms with van der Waals surface area (Å²) < 4.78 is 13.2. The van der Waals surface area contributed by atoms with E-state index in [1.807, 2.05) is 42.5 Å². The second-order valence-corrected chi connectivity index (χ2v) is 10.8. The Kier molecular flexibility index (Phi) is 6.31. The monoisotopic (exact) mass is 543 g/mol. The van der Waals surface area contributed by atoms with E-state index in [2.05, 4.69) is 29.1 Å². The number of fused-ring (bicyclic) bond motifs is 3. The van der Waals surface area contributed by atoms with E-state index in [4.69, 9.17) is 30.9 Å². The van der Waals surface area contributed by atoms with Crippen LogP contribution in [0, 0.1) is 5.41 Å². The molecule has 2 aromatic heterocycles. The maximum absolute atomic E-state index is 13.5. The average Bonchev–Trinajstić information content (AvgIpc) is 3.33. The Labute approximate surface area is 230 Å². The largest absolute Gasteiger partial charge is 0.497 e. The molecule has 2 aliphatic rings. The summed E-state index contributed by atoms with van der Waals surface area (Å²) in [5.41, 5.74) is 3.33. The van der Waals surface area contributed by atoms with Crippen molar-refractivity contribution in [1.29, 1.82) is 0 Å². The van der Waals surface area contributed by atoms with Crippen LogP contribution >= 0.6 is 11.6 Å². The minimum absolute atomic E-state index is 0.0343. The van der Waals surface area contributed by atoms with Crippen molar-refractivity contribution in [3.8, 4) is 11.6 Å².